The Morgan fingerprint density at radius 2 is 1.93 bits per heavy atom. The molecule has 0 saturated carbocycles. The SMILES string of the molecule is CC.Cc1cccc(C(CCCCC#N)c2cnc(-c3cc(Oc4c(F)cc5[nH]ccc5c4/C=C/C(=O)O)ccc3F)[nH]2)c1. The Kier molecular flexibility index (Phi) is 10.7. The molecule has 0 aliphatic heterocycles. The molecule has 0 bridgehead atoms. The van der Waals surface area contributed by atoms with E-state index in [0.717, 1.165) is 42.2 Å². The normalized spacial score (nSPS) is 11.6. The molecule has 3 N–H and O–H groups in total. The molecule has 0 spiro atoms. The molecule has 5 aromatic rings. The van der Waals surface area contributed by atoms with E-state index in [9.17, 15) is 4.79 Å². The van der Waals surface area contributed by atoms with Crippen LogP contribution in [0.5, 0.6) is 11.5 Å². The summed E-state index contributed by atoms with van der Waals surface area (Å²) in [5.74, 6) is -2.23. The van der Waals surface area contributed by atoms with E-state index in [2.05, 4.69) is 27.1 Å². The minimum atomic E-state index is -1.19. The summed E-state index contributed by atoms with van der Waals surface area (Å²) in [4.78, 5) is 21.8. The summed E-state index contributed by atoms with van der Waals surface area (Å²) in [5, 5.41) is 18.6. The van der Waals surface area contributed by atoms with Gasteiger partial charge in [-0.05, 0) is 55.7 Å². The monoisotopic (exact) mass is 596 g/mol. The highest BCUT2D eigenvalue weighted by Crippen LogP contribution is 2.37. The maximum Gasteiger partial charge on any atom is 0.328 e. The van der Waals surface area contributed by atoms with Gasteiger partial charge in [-0.2, -0.15) is 5.26 Å². The number of carbonyl (C=O) groups is 1. The highest BCUT2D eigenvalue weighted by Gasteiger charge is 2.20. The largest absolute Gasteiger partial charge is 0.478 e. The first kappa shape index (κ1) is 31.7. The number of aliphatic carboxylic acids is 1. The van der Waals surface area contributed by atoms with Gasteiger partial charge in [0.1, 0.15) is 17.4 Å². The third kappa shape index (κ3) is 7.39. The van der Waals surface area contributed by atoms with Crippen molar-refractivity contribution in [3.05, 3.63) is 107 Å². The van der Waals surface area contributed by atoms with Gasteiger partial charge in [-0.1, -0.05) is 50.1 Å². The van der Waals surface area contributed by atoms with Gasteiger partial charge in [0, 0.05) is 59.0 Å². The van der Waals surface area contributed by atoms with Crippen LogP contribution >= 0.6 is 0 Å². The smallest absolute Gasteiger partial charge is 0.328 e. The number of benzene rings is 3. The van der Waals surface area contributed by atoms with Crippen LogP contribution in [0, 0.1) is 29.9 Å². The topological polar surface area (TPSA) is 115 Å². The summed E-state index contributed by atoms with van der Waals surface area (Å²) in [6.45, 7) is 6.02. The quantitative estimate of drug-likeness (QED) is 0.104. The third-order valence-corrected chi connectivity index (χ3v) is 7.05. The zero-order valence-corrected chi connectivity index (χ0v) is 24.8. The van der Waals surface area contributed by atoms with Gasteiger partial charge in [0.05, 0.1) is 11.6 Å². The van der Waals surface area contributed by atoms with E-state index in [-0.39, 0.29) is 34.4 Å². The first-order valence-corrected chi connectivity index (χ1v) is 14.5. The molecule has 226 valence electrons. The molecule has 0 aliphatic rings. The maximum absolute atomic E-state index is 15.2. The summed E-state index contributed by atoms with van der Waals surface area (Å²) in [6, 6.07) is 17.3. The van der Waals surface area contributed by atoms with Crippen LogP contribution in [0.1, 0.15) is 67.8 Å². The Balaban J connectivity index is 0.00000216. The summed E-state index contributed by atoms with van der Waals surface area (Å²) in [5.41, 5.74) is 3.87. The fourth-order valence-corrected chi connectivity index (χ4v) is 5.06. The number of fused-ring (bicyclic) bond motifs is 1. The van der Waals surface area contributed by atoms with Crippen molar-refractivity contribution in [2.24, 2.45) is 0 Å². The van der Waals surface area contributed by atoms with Crippen LogP contribution < -0.4 is 4.74 Å². The molecular weight excluding hydrogens is 562 g/mol. The average Bonchev–Trinajstić information content (AvgIpc) is 3.69. The molecule has 1 atom stereocenters. The highest BCUT2D eigenvalue weighted by atomic mass is 19.1. The lowest BCUT2D eigenvalue weighted by Gasteiger charge is -2.16. The Hall–Kier alpha value is -5.23. The number of aromatic amines is 2. The van der Waals surface area contributed by atoms with Crippen LogP contribution in [-0.4, -0.2) is 26.0 Å². The van der Waals surface area contributed by atoms with Crippen molar-refractivity contribution in [3.8, 4) is 29.0 Å². The number of nitriles is 1. The molecule has 0 aliphatic carbocycles. The predicted octanol–water partition coefficient (Wildman–Crippen LogP) is 9.28. The van der Waals surface area contributed by atoms with Crippen LogP contribution in [0.2, 0.25) is 0 Å². The zero-order chi connectivity index (χ0) is 31.6. The number of imidazole rings is 1. The number of nitrogens with zero attached hydrogens (tertiary/aromatic N) is 2. The molecular formula is C35H34F2N4O3. The zero-order valence-electron chi connectivity index (χ0n) is 24.8. The highest BCUT2D eigenvalue weighted by molar-refractivity contribution is 5.95. The number of halogens is 2. The molecule has 5 rings (SSSR count). The van der Waals surface area contributed by atoms with Crippen LogP contribution in [-0.2, 0) is 4.79 Å². The summed E-state index contributed by atoms with van der Waals surface area (Å²) in [7, 11) is 0. The van der Waals surface area contributed by atoms with Crippen LogP contribution in [0.4, 0.5) is 8.78 Å². The van der Waals surface area contributed by atoms with E-state index in [1.165, 1.54) is 30.3 Å². The molecule has 7 nitrogen and oxygen atoms in total. The molecule has 2 aromatic heterocycles. The number of hydrogen-bond acceptors (Lipinski definition) is 4. The van der Waals surface area contributed by atoms with Crippen molar-refractivity contribution in [1.82, 2.24) is 15.0 Å². The molecule has 0 amide bonds. The van der Waals surface area contributed by atoms with Gasteiger partial charge in [-0.25, -0.2) is 18.6 Å². The lowest BCUT2D eigenvalue weighted by molar-refractivity contribution is -0.131. The average molecular weight is 597 g/mol. The van der Waals surface area contributed by atoms with Gasteiger partial charge in [0.15, 0.2) is 11.6 Å². The van der Waals surface area contributed by atoms with Crippen LogP contribution in [0.25, 0.3) is 28.4 Å². The summed E-state index contributed by atoms with van der Waals surface area (Å²) < 4.78 is 36.2. The molecule has 44 heavy (non-hydrogen) atoms. The lowest BCUT2D eigenvalue weighted by Crippen LogP contribution is -2.03. The third-order valence-electron chi connectivity index (χ3n) is 7.05. The van der Waals surface area contributed by atoms with Crippen LogP contribution in [0.3, 0.4) is 0 Å². The number of carboxylic acids is 1. The van der Waals surface area contributed by atoms with Gasteiger partial charge < -0.3 is 19.8 Å². The molecule has 1 unspecified atom stereocenters. The van der Waals surface area contributed by atoms with Gasteiger partial charge in [-0.3, -0.25) is 0 Å². The van der Waals surface area contributed by atoms with Crippen molar-refractivity contribution in [1.29, 1.82) is 5.26 Å². The van der Waals surface area contributed by atoms with E-state index in [0.29, 0.717) is 17.3 Å². The minimum absolute atomic E-state index is 0.0295. The number of aromatic nitrogens is 3. The number of carboxylic acid groups (broad SMARTS) is 1. The number of aryl methyl sites for hydroxylation is 1. The second kappa shape index (κ2) is 14.8. The van der Waals surface area contributed by atoms with Crippen LogP contribution in [0.15, 0.2) is 73.1 Å². The number of rotatable bonds is 11. The van der Waals surface area contributed by atoms with Crippen molar-refractivity contribution < 1.29 is 23.4 Å². The number of nitrogens with one attached hydrogen (secondary N) is 2. The first-order valence-electron chi connectivity index (χ1n) is 14.5. The molecule has 0 fully saturated rings. The van der Waals surface area contributed by atoms with Crippen molar-refractivity contribution in [2.75, 3.05) is 0 Å². The summed E-state index contributed by atoms with van der Waals surface area (Å²) >= 11 is 0. The number of hydrogen-bond donors (Lipinski definition) is 3. The molecule has 2 heterocycles. The van der Waals surface area contributed by atoms with E-state index in [4.69, 9.17) is 15.1 Å². The molecule has 0 radical (unpaired) electrons. The first-order chi connectivity index (χ1) is 21.3. The second-order valence-electron chi connectivity index (χ2n) is 10.0. The number of H-pyrrole nitrogens is 2. The minimum Gasteiger partial charge on any atom is -0.478 e. The van der Waals surface area contributed by atoms with Gasteiger partial charge in [0.2, 0.25) is 0 Å². The van der Waals surface area contributed by atoms with E-state index in [1.54, 1.807) is 18.5 Å². The maximum atomic E-state index is 15.2. The van der Waals surface area contributed by atoms with Crippen molar-refractivity contribution in [2.45, 2.75) is 52.4 Å². The standard InChI is InChI=1S/C33H28F2N4O3.C2H6/c1-20-6-5-7-21(16-20)23(8-3-2-4-14-36)30-19-38-33(39-30)26-17-22(9-11-27(26)34)42-32-25(10-12-31(40)41)24-13-15-37-29(24)18-28(32)35;1-2/h5-7,9-13,15-19,23,37H,2-4,8H2,1H3,(H,38,39)(H,40,41);1-2H3/b12-10+;. The predicted molar refractivity (Wildman–Crippen MR) is 167 cm³/mol. The van der Waals surface area contributed by atoms with E-state index >= 15 is 8.78 Å². The molecule has 3 aromatic carbocycles. The number of unbranched alkanes of at least 4 members (excludes halogenated alkanes) is 2. The van der Waals surface area contributed by atoms with Gasteiger partial charge in [0.25, 0.3) is 0 Å². The molecule has 9 heteroatoms. The Bertz CT molecular complexity index is 1820. The Morgan fingerprint density at radius 3 is 2.68 bits per heavy atom. The van der Waals surface area contributed by atoms with Gasteiger partial charge in [-0.15, -0.1) is 0 Å². The fraction of sp³-hybridized carbons (Fsp3) is 0.229. The van der Waals surface area contributed by atoms with Crippen molar-refractivity contribution in [3.63, 3.8) is 0 Å². The summed E-state index contributed by atoms with van der Waals surface area (Å²) in [6.07, 6.45) is 8.36. The lowest BCUT2D eigenvalue weighted by atomic mass is 9.90. The van der Waals surface area contributed by atoms with E-state index < -0.39 is 17.6 Å². The Morgan fingerprint density at radius 1 is 1.11 bits per heavy atom. The van der Waals surface area contributed by atoms with E-state index in [1.807, 2.05) is 39.0 Å². The number of ether oxygens (including phenoxy) is 1. The Labute approximate surface area is 254 Å². The van der Waals surface area contributed by atoms with Crippen molar-refractivity contribution >= 4 is 22.9 Å². The second-order valence-corrected chi connectivity index (χ2v) is 10.0. The molecule has 0 saturated heterocycles. The fourth-order valence-electron chi connectivity index (χ4n) is 5.06. The van der Waals surface area contributed by atoms with Gasteiger partial charge >= 0.3 is 5.97 Å².